The highest BCUT2D eigenvalue weighted by atomic mass is 32.2. The molecule has 0 aliphatic carbocycles. The summed E-state index contributed by atoms with van der Waals surface area (Å²) >= 11 is 0. The molecule has 0 atom stereocenters. The highest BCUT2D eigenvalue weighted by molar-refractivity contribution is 7.92. The molecule has 3 aromatic rings. The van der Waals surface area contributed by atoms with Gasteiger partial charge in [-0.3, -0.25) is 19.7 Å². The van der Waals surface area contributed by atoms with Crippen LogP contribution in [-0.4, -0.2) is 48.6 Å². The van der Waals surface area contributed by atoms with Gasteiger partial charge in [0.1, 0.15) is 0 Å². The molecule has 0 aliphatic rings. The molecule has 0 radical (unpaired) electrons. The van der Waals surface area contributed by atoms with Crippen LogP contribution in [0.25, 0.3) is 27.7 Å². The van der Waals surface area contributed by atoms with Gasteiger partial charge in [0.25, 0.3) is 0 Å². The smallest absolute Gasteiger partial charge is 0.404 e. The quantitative estimate of drug-likeness (QED) is 0.557. The Morgan fingerprint density at radius 1 is 1.16 bits per heavy atom. The minimum Gasteiger partial charge on any atom is -0.404 e. The number of allylic oxidation sites excluding steroid dienone is 1. The number of aliphatic imine (C=N–C) groups is 1. The summed E-state index contributed by atoms with van der Waals surface area (Å²) in [6, 6.07) is 6.51. The molecule has 0 bridgehead atoms. The van der Waals surface area contributed by atoms with Crippen molar-refractivity contribution in [3.8, 4) is 11.1 Å². The third kappa shape index (κ3) is 5.75. The van der Waals surface area contributed by atoms with Crippen molar-refractivity contribution < 1.29 is 21.6 Å². The lowest BCUT2D eigenvalue weighted by Crippen LogP contribution is -2.27. The van der Waals surface area contributed by atoms with Crippen molar-refractivity contribution in [3.63, 3.8) is 0 Å². The normalized spacial score (nSPS) is 13.1. The lowest BCUT2D eigenvalue weighted by Gasteiger charge is -2.11. The fourth-order valence-corrected chi connectivity index (χ4v) is 3.72. The van der Waals surface area contributed by atoms with Gasteiger partial charge in [0.05, 0.1) is 34.8 Å². The Labute approximate surface area is 175 Å². The van der Waals surface area contributed by atoms with Crippen molar-refractivity contribution in [2.45, 2.75) is 6.18 Å². The van der Waals surface area contributed by atoms with Crippen LogP contribution in [0.1, 0.15) is 5.69 Å². The zero-order valence-electron chi connectivity index (χ0n) is 16.1. The van der Waals surface area contributed by atoms with E-state index >= 15 is 0 Å². The van der Waals surface area contributed by atoms with Crippen molar-refractivity contribution >= 4 is 38.5 Å². The Morgan fingerprint density at radius 3 is 2.61 bits per heavy atom. The van der Waals surface area contributed by atoms with Crippen LogP contribution in [0.15, 0.2) is 54.0 Å². The van der Waals surface area contributed by atoms with Crippen LogP contribution in [0.5, 0.6) is 0 Å². The highest BCUT2D eigenvalue weighted by Gasteiger charge is 2.35. The van der Waals surface area contributed by atoms with E-state index < -0.39 is 22.0 Å². The predicted molar refractivity (Wildman–Crippen MR) is 113 cm³/mol. The summed E-state index contributed by atoms with van der Waals surface area (Å²) in [5.41, 5.74) is 8.82. The Bertz CT molecular complexity index is 1270. The SMILES string of the molecule is CN=C/C(=C\N)c1cnc2ccc(-c3cncc(NS(=O)(=O)CC(F)(F)F)c3)cc2n1. The molecule has 0 amide bonds. The Kier molecular flexibility index (Phi) is 6.20. The van der Waals surface area contributed by atoms with Gasteiger partial charge in [0.15, 0.2) is 5.75 Å². The number of hydrogen-bond acceptors (Lipinski definition) is 7. The summed E-state index contributed by atoms with van der Waals surface area (Å²) in [4.78, 5) is 16.7. The molecule has 31 heavy (non-hydrogen) atoms. The topological polar surface area (TPSA) is 123 Å². The van der Waals surface area contributed by atoms with E-state index in [1.165, 1.54) is 18.5 Å². The monoisotopic (exact) mass is 450 g/mol. The van der Waals surface area contributed by atoms with Crippen LogP contribution in [-0.2, 0) is 10.0 Å². The molecule has 1 aromatic carbocycles. The standard InChI is InChI=1S/C19H17F3N6O2S/c1-24-7-14(6-23)18-10-26-16-3-2-12(5-17(16)27-18)13-4-15(9-25-8-13)28-31(29,30)11-19(20,21)22/h2-10,28H,11,23H2,1H3/b14-6+,24-7?. The first kappa shape index (κ1) is 22.2. The predicted octanol–water partition coefficient (Wildman–Crippen LogP) is 3.00. The molecule has 3 N–H and O–H groups in total. The molecule has 3 rings (SSSR count). The van der Waals surface area contributed by atoms with Gasteiger partial charge in [-0.25, -0.2) is 13.4 Å². The number of nitrogens with zero attached hydrogens (tertiary/aromatic N) is 4. The van der Waals surface area contributed by atoms with Crippen molar-refractivity contribution in [3.05, 3.63) is 54.7 Å². The lowest BCUT2D eigenvalue weighted by molar-refractivity contribution is -0.106. The second-order valence-corrected chi connectivity index (χ2v) is 8.13. The van der Waals surface area contributed by atoms with E-state index in [2.05, 4.69) is 19.9 Å². The van der Waals surface area contributed by atoms with Crippen LogP contribution < -0.4 is 10.5 Å². The third-order valence-corrected chi connectivity index (χ3v) is 5.24. The largest absolute Gasteiger partial charge is 0.404 e. The maximum absolute atomic E-state index is 12.4. The van der Waals surface area contributed by atoms with Gasteiger partial charge in [-0.1, -0.05) is 6.07 Å². The molecule has 12 heteroatoms. The number of nitrogens with one attached hydrogen (secondary N) is 1. The van der Waals surface area contributed by atoms with Gasteiger partial charge in [-0.15, -0.1) is 0 Å². The Morgan fingerprint density at radius 2 is 1.94 bits per heavy atom. The van der Waals surface area contributed by atoms with Gasteiger partial charge >= 0.3 is 6.18 Å². The molecule has 0 unspecified atom stereocenters. The van der Waals surface area contributed by atoms with E-state index in [-0.39, 0.29) is 5.69 Å². The van der Waals surface area contributed by atoms with E-state index in [1.54, 1.807) is 37.7 Å². The average molecular weight is 450 g/mol. The summed E-state index contributed by atoms with van der Waals surface area (Å²) in [5, 5.41) is 0. The van der Waals surface area contributed by atoms with E-state index in [9.17, 15) is 21.6 Å². The van der Waals surface area contributed by atoms with E-state index in [4.69, 9.17) is 5.73 Å². The van der Waals surface area contributed by atoms with Crippen molar-refractivity contribution in [2.24, 2.45) is 10.7 Å². The zero-order valence-corrected chi connectivity index (χ0v) is 16.9. The van der Waals surface area contributed by atoms with Gasteiger partial charge in [0, 0.05) is 36.8 Å². The number of nitrogens with two attached hydrogens (primary N) is 1. The van der Waals surface area contributed by atoms with E-state index in [0.717, 1.165) is 6.20 Å². The number of anilines is 1. The first-order chi connectivity index (χ1) is 14.6. The number of fused-ring (bicyclic) bond motifs is 1. The number of aromatic nitrogens is 3. The van der Waals surface area contributed by atoms with Crippen LogP contribution in [0.4, 0.5) is 18.9 Å². The van der Waals surface area contributed by atoms with Gasteiger partial charge < -0.3 is 5.73 Å². The van der Waals surface area contributed by atoms with Gasteiger partial charge in [-0.05, 0) is 23.8 Å². The summed E-state index contributed by atoms with van der Waals surface area (Å²) in [7, 11) is -3.02. The molecule has 2 aromatic heterocycles. The minimum atomic E-state index is -4.86. The lowest BCUT2D eigenvalue weighted by atomic mass is 10.1. The summed E-state index contributed by atoms with van der Waals surface area (Å²) < 4.78 is 62.7. The number of pyridine rings is 1. The maximum atomic E-state index is 12.4. The molecule has 8 nitrogen and oxygen atoms in total. The molecule has 0 aliphatic heterocycles. The number of halogens is 3. The molecule has 162 valence electrons. The number of sulfonamides is 1. The van der Waals surface area contributed by atoms with Gasteiger partial charge in [0.2, 0.25) is 10.0 Å². The molecular weight excluding hydrogens is 433 g/mol. The van der Waals surface area contributed by atoms with Crippen molar-refractivity contribution in [1.82, 2.24) is 15.0 Å². The molecule has 2 heterocycles. The molecule has 0 fully saturated rings. The Hall–Kier alpha value is -3.54. The number of alkyl halides is 3. The number of rotatable bonds is 6. The number of benzene rings is 1. The number of hydrogen-bond donors (Lipinski definition) is 2. The van der Waals surface area contributed by atoms with Crippen LogP contribution in [0.2, 0.25) is 0 Å². The zero-order chi connectivity index (χ0) is 22.6. The molecular formula is C19H17F3N6O2S. The summed E-state index contributed by atoms with van der Waals surface area (Å²) in [5.74, 6) is -1.99. The minimum absolute atomic E-state index is 0.0887. The third-order valence-electron chi connectivity index (χ3n) is 3.98. The second kappa shape index (κ2) is 8.68. The van der Waals surface area contributed by atoms with Gasteiger partial charge in [-0.2, -0.15) is 13.2 Å². The average Bonchev–Trinajstić information content (AvgIpc) is 2.69. The maximum Gasteiger partial charge on any atom is 0.404 e. The molecule has 0 spiro atoms. The first-order valence-electron chi connectivity index (χ1n) is 8.74. The van der Waals surface area contributed by atoms with Crippen LogP contribution in [0.3, 0.4) is 0 Å². The summed E-state index contributed by atoms with van der Waals surface area (Å²) in [6.45, 7) is 0. The summed E-state index contributed by atoms with van der Waals surface area (Å²) in [6.07, 6.45) is 2.17. The fourth-order valence-electron chi connectivity index (χ4n) is 2.75. The van der Waals surface area contributed by atoms with Crippen LogP contribution in [0, 0.1) is 0 Å². The first-order valence-corrected chi connectivity index (χ1v) is 10.4. The second-order valence-electron chi connectivity index (χ2n) is 6.41. The van der Waals surface area contributed by atoms with E-state index in [1.807, 2.05) is 4.72 Å². The fraction of sp³-hybridized carbons (Fsp3) is 0.158. The highest BCUT2D eigenvalue weighted by Crippen LogP contribution is 2.26. The van der Waals surface area contributed by atoms with Crippen molar-refractivity contribution in [2.75, 3.05) is 17.5 Å². The van der Waals surface area contributed by atoms with Crippen LogP contribution >= 0.6 is 0 Å². The molecule has 0 saturated heterocycles. The van der Waals surface area contributed by atoms with Crippen molar-refractivity contribution in [1.29, 1.82) is 0 Å². The Balaban J connectivity index is 1.95. The molecule has 0 saturated carbocycles. The van der Waals surface area contributed by atoms with E-state index in [0.29, 0.717) is 33.4 Å².